The lowest BCUT2D eigenvalue weighted by Gasteiger charge is -2.14. The molecule has 0 aliphatic heterocycles. The zero-order chi connectivity index (χ0) is 11.8. The molecule has 0 aliphatic rings. The molecule has 16 heavy (non-hydrogen) atoms. The van der Waals surface area contributed by atoms with Crippen LogP contribution in [0.4, 0.5) is 0 Å². The van der Waals surface area contributed by atoms with Crippen molar-refractivity contribution in [1.82, 2.24) is 0 Å². The molecule has 0 aromatic heterocycles. The van der Waals surface area contributed by atoms with Gasteiger partial charge in [-0.05, 0) is 17.2 Å². The molecule has 1 rings (SSSR count). The Morgan fingerprint density at radius 3 is 2.75 bits per heavy atom. The highest BCUT2D eigenvalue weighted by Gasteiger charge is 2.09. The second kappa shape index (κ2) is 7.38. The largest absolute Gasteiger partial charge is 0.413 e. The number of hydrogen-bond donors (Lipinski definition) is 0. The second-order valence-corrected chi connectivity index (χ2v) is 6.43. The normalized spacial score (nSPS) is 12.4. The van der Waals surface area contributed by atoms with Crippen molar-refractivity contribution in [2.45, 2.75) is 19.6 Å². The number of methoxy groups -OCH3 is 1. The monoisotopic (exact) mass is 236 g/mol. The second-order valence-electron chi connectivity index (χ2n) is 3.70. The fourth-order valence-electron chi connectivity index (χ4n) is 1.54. The molecule has 0 fully saturated rings. The predicted molar refractivity (Wildman–Crippen MR) is 70.8 cm³/mol. The van der Waals surface area contributed by atoms with E-state index in [9.17, 15) is 0 Å². The van der Waals surface area contributed by atoms with Gasteiger partial charge >= 0.3 is 0 Å². The van der Waals surface area contributed by atoms with Crippen LogP contribution in [0.15, 0.2) is 30.8 Å². The smallest absolute Gasteiger partial charge is 0.202 e. The van der Waals surface area contributed by atoms with E-state index in [0.29, 0.717) is 6.61 Å². The summed E-state index contributed by atoms with van der Waals surface area (Å²) < 4.78 is 11.1. The highest BCUT2D eigenvalue weighted by Crippen LogP contribution is 2.12. The Kier molecular flexibility index (Phi) is 6.07. The van der Waals surface area contributed by atoms with E-state index in [2.05, 4.69) is 25.6 Å². The Morgan fingerprint density at radius 1 is 1.38 bits per heavy atom. The number of ether oxygens (including phenoxy) is 1. The van der Waals surface area contributed by atoms with Gasteiger partial charge in [0.25, 0.3) is 0 Å². The van der Waals surface area contributed by atoms with Crippen LogP contribution in [0.5, 0.6) is 0 Å². The molecule has 0 saturated heterocycles. The van der Waals surface area contributed by atoms with Crippen molar-refractivity contribution in [3.05, 3.63) is 42.0 Å². The third-order valence-electron chi connectivity index (χ3n) is 2.56. The van der Waals surface area contributed by atoms with E-state index in [0.717, 1.165) is 17.8 Å². The lowest BCUT2D eigenvalue weighted by Crippen LogP contribution is -2.23. The first-order valence-corrected chi connectivity index (χ1v) is 7.73. The molecule has 0 radical (unpaired) electrons. The summed E-state index contributed by atoms with van der Waals surface area (Å²) in [6, 6.07) is 9.30. The summed E-state index contributed by atoms with van der Waals surface area (Å²) in [4.78, 5) is 0. The Bertz CT molecular complexity index is 325. The summed E-state index contributed by atoms with van der Waals surface area (Å²) >= 11 is 0. The zero-order valence-electron chi connectivity index (χ0n) is 10.1. The molecule has 0 amide bonds. The van der Waals surface area contributed by atoms with Crippen LogP contribution in [0.3, 0.4) is 0 Å². The van der Waals surface area contributed by atoms with Gasteiger partial charge in [-0.25, -0.2) is 0 Å². The van der Waals surface area contributed by atoms with E-state index < -0.39 is 9.04 Å². The van der Waals surface area contributed by atoms with E-state index >= 15 is 0 Å². The minimum Gasteiger partial charge on any atom is -0.413 e. The molecule has 0 heterocycles. The van der Waals surface area contributed by atoms with Crippen LogP contribution < -0.4 is 0 Å². The van der Waals surface area contributed by atoms with Gasteiger partial charge in [0.05, 0.1) is 12.8 Å². The molecule has 0 N–H and O–H groups in total. The van der Waals surface area contributed by atoms with Crippen LogP contribution in [-0.4, -0.2) is 22.4 Å². The van der Waals surface area contributed by atoms with Crippen molar-refractivity contribution < 1.29 is 9.16 Å². The molecular weight excluding hydrogens is 216 g/mol. The number of hydrogen-bond acceptors (Lipinski definition) is 2. The molecule has 1 aromatic rings. The van der Waals surface area contributed by atoms with E-state index in [4.69, 9.17) is 9.16 Å². The molecule has 0 aliphatic carbocycles. The summed E-state index contributed by atoms with van der Waals surface area (Å²) in [6.07, 6.45) is 2.66. The van der Waals surface area contributed by atoms with Gasteiger partial charge in [0, 0.05) is 7.11 Å². The van der Waals surface area contributed by atoms with Gasteiger partial charge in [-0.15, -0.1) is 0 Å². The van der Waals surface area contributed by atoms with Crippen molar-refractivity contribution in [2.24, 2.45) is 0 Å². The Hall–Kier alpha value is -0.903. The van der Waals surface area contributed by atoms with Gasteiger partial charge in [-0.3, -0.25) is 0 Å². The van der Waals surface area contributed by atoms with Crippen molar-refractivity contribution >= 4 is 15.1 Å². The maximum Gasteiger partial charge on any atom is 0.202 e. The fraction of sp³-hybridized carbons (Fsp3) is 0.385. The van der Waals surface area contributed by atoms with Gasteiger partial charge in [0.2, 0.25) is 9.04 Å². The summed E-state index contributed by atoms with van der Waals surface area (Å²) in [5, 5.41) is 0. The third-order valence-corrected chi connectivity index (χ3v) is 4.81. The maximum atomic E-state index is 5.93. The van der Waals surface area contributed by atoms with Crippen LogP contribution in [-0.2, 0) is 15.8 Å². The Balaban J connectivity index is 2.55. The molecule has 3 heteroatoms. The van der Waals surface area contributed by atoms with E-state index in [1.165, 1.54) is 5.56 Å². The lowest BCUT2D eigenvalue weighted by molar-refractivity contribution is 0.213. The van der Waals surface area contributed by atoms with Gasteiger partial charge in [-0.2, -0.15) is 0 Å². The third kappa shape index (κ3) is 3.93. The summed E-state index contributed by atoms with van der Waals surface area (Å²) in [5.41, 5.74) is 2.36. The average Bonchev–Trinajstić information content (AvgIpc) is 2.34. The quantitative estimate of drug-likeness (QED) is 0.678. The van der Waals surface area contributed by atoms with E-state index in [-0.39, 0.29) is 0 Å². The van der Waals surface area contributed by atoms with Crippen LogP contribution in [0.2, 0.25) is 6.04 Å². The lowest BCUT2D eigenvalue weighted by atomic mass is 10.1. The summed E-state index contributed by atoms with van der Waals surface area (Å²) in [7, 11) is 0.562. The van der Waals surface area contributed by atoms with Crippen molar-refractivity contribution in [2.75, 3.05) is 13.3 Å². The molecule has 0 saturated carbocycles. The molecule has 1 atom stereocenters. The topological polar surface area (TPSA) is 18.5 Å². The minimum absolute atomic E-state index is 0.677. The first kappa shape index (κ1) is 13.2. The Labute approximate surface area is 99.6 Å². The highest BCUT2D eigenvalue weighted by molar-refractivity contribution is 6.51. The molecule has 88 valence electrons. The first-order valence-electron chi connectivity index (χ1n) is 5.62. The number of rotatable bonds is 7. The molecular formula is C13H20O2Si. The molecule has 1 unspecified atom stereocenters. The van der Waals surface area contributed by atoms with Gasteiger partial charge < -0.3 is 9.16 Å². The molecule has 0 bridgehead atoms. The number of benzene rings is 1. The first-order chi connectivity index (χ1) is 7.81. The van der Waals surface area contributed by atoms with Crippen molar-refractivity contribution in [3.8, 4) is 0 Å². The van der Waals surface area contributed by atoms with E-state index in [1.807, 2.05) is 18.2 Å². The van der Waals surface area contributed by atoms with Gasteiger partial charge in [-0.1, -0.05) is 43.8 Å². The maximum absolute atomic E-state index is 5.93. The SMILES string of the molecule is C=Cc1ccccc1CO[SiH](CC)COC. The minimum atomic E-state index is -1.17. The van der Waals surface area contributed by atoms with Crippen LogP contribution in [0.25, 0.3) is 6.08 Å². The van der Waals surface area contributed by atoms with Crippen molar-refractivity contribution in [3.63, 3.8) is 0 Å². The standard InChI is InChI=1S/C13H20O2Si/c1-4-12-8-6-7-9-13(12)10-15-16(5-2)11-14-3/h4,6-9,16H,1,5,10-11H2,2-3H3. The fourth-order valence-corrected chi connectivity index (χ4v) is 2.90. The highest BCUT2D eigenvalue weighted by atomic mass is 28.3. The summed E-state index contributed by atoms with van der Waals surface area (Å²) in [6.45, 7) is 6.65. The van der Waals surface area contributed by atoms with Crippen LogP contribution in [0, 0.1) is 0 Å². The van der Waals surface area contributed by atoms with Crippen LogP contribution >= 0.6 is 0 Å². The van der Waals surface area contributed by atoms with Gasteiger partial charge in [0.1, 0.15) is 0 Å². The van der Waals surface area contributed by atoms with E-state index in [1.54, 1.807) is 7.11 Å². The zero-order valence-corrected chi connectivity index (χ0v) is 11.3. The Morgan fingerprint density at radius 2 is 2.12 bits per heavy atom. The average molecular weight is 236 g/mol. The molecule has 2 nitrogen and oxygen atoms in total. The molecule has 0 spiro atoms. The predicted octanol–water partition coefficient (Wildman–Crippen LogP) is 2.78. The van der Waals surface area contributed by atoms with Crippen molar-refractivity contribution in [1.29, 1.82) is 0 Å². The molecule has 1 aromatic carbocycles. The van der Waals surface area contributed by atoms with Gasteiger partial charge in [0.15, 0.2) is 0 Å². The van der Waals surface area contributed by atoms with Crippen LogP contribution in [0.1, 0.15) is 18.1 Å². The summed E-state index contributed by atoms with van der Waals surface area (Å²) in [5.74, 6) is 0.